The van der Waals surface area contributed by atoms with Gasteiger partial charge in [-0.3, -0.25) is 19.7 Å². The van der Waals surface area contributed by atoms with Gasteiger partial charge in [0.1, 0.15) is 5.25 Å². The van der Waals surface area contributed by atoms with Gasteiger partial charge in [-0.15, -0.1) is 23.1 Å². The van der Waals surface area contributed by atoms with Crippen molar-refractivity contribution in [1.29, 1.82) is 0 Å². The molecular weight excluding hydrogens is 544 g/mol. The number of anilines is 2. The highest BCUT2D eigenvalue weighted by Crippen LogP contribution is 2.38. The molecule has 5 rings (SSSR count). The molecule has 1 aromatic heterocycles. The number of non-ortho nitro benzene ring substituents is 1. The van der Waals surface area contributed by atoms with E-state index in [2.05, 4.69) is 15.6 Å². The molecule has 204 valence electrons. The summed E-state index contributed by atoms with van der Waals surface area (Å²) >= 11 is 2.65. The molecule has 10 heteroatoms. The summed E-state index contributed by atoms with van der Waals surface area (Å²) in [5.74, 6) is -0.131. The maximum Gasteiger partial charge on any atom is 0.270 e. The fourth-order valence-corrected chi connectivity index (χ4v) is 6.51. The predicted molar refractivity (Wildman–Crippen MR) is 160 cm³/mol. The lowest BCUT2D eigenvalue weighted by Crippen LogP contribution is -2.24. The third-order valence-electron chi connectivity index (χ3n) is 6.76. The van der Waals surface area contributed by atoms with Crippen LogP contribution in [0.4, 0.5) is 16.5 Å². The van der Waals surface area contributed by atoms with Gasteiger partial charge in [-0.25, -0.2) is 4.98 Å². The molecule has 2 N–H and O–H groups in total. The van der Waals surface area contributed by atoms with Crippen LogP contribution < -0.4 is 10.6 Å². The van der Waals surface area contributed by atoms with Crippen LogP contribution in [0.25, 0.3) is 11.3 Å². The van der Waals surface area contributed by atoms with E-state index in [1.807, 2.05) is 54.6 Å². The van der Waals surface area contributed by atoms with Gasteiger partial charge in [0.15, 0.2) is 5.13 Å². The van der Waals surface area contributed by atoms with E-state index >= 15 is 0 Å². The Morgan fingerprint density at radius 3 is 2.50 bits per heavy atom. The van der Waals surface area contributed by atoms with Crippen LogP contribution in [0.1, 0.15) is 42.9 Å². The Labute approximate surface area is 240 Å². The molecule has 0 radical (unpaired) electrons. The molecule has 0 aliphatic heterocycles. The smallest absolute Gasteiger partial charge is 0.270 e. The number of aromatic nitrogens is 1. The second-order valence-electron chi connectivity index (χ2n) is 9.60. The summed E-state index contributed by atoms with van der Waals surface area (Å²) in [5, 5.41) is 18.7. The average molecular weight is 573 g/mol. The monoisotopic (exact) mass is 572 g/mol. The van der Waals surface area contributed by atoms with Crippen LogP contribution in [0.3, 0.4) is 0 Å². The first-order chi connectivity index (χ1) is 19.5. The predicted octanol–water partition coefficient (Wildman–Crippen LogP) is 7.71. The molecule has 1 unspecified atom stereocenters. The second-order valence-corrected chi connectivity index (χ2v) is 11.6. The largest absolute Gasteiger partial charge is 0.326 e. The van der Waals surface area contributed by atoms with Crippen molar-refractivity contribution in [3.63, 3.8) is 0 Å². The van der Waals surface area contributed by atoms with E-state index in [0.29, 0.717) is 22.1 Å². The first kappa shape index (κ1) is 27.5. The number of benzene rings is 3. The fraction of sp³-hybridized carbons (Fsp3) is 0.233. The lowest BCUT2D eigenvalue weighted by Gasteiger charge is -2.21. The van der Waals surface area contributed by atoms with E-state index in [1.165, 1.54) is 41.7 Å². The highest BCUT2D eigenvalue weighted by atomic mass is 32.2. The molecular formula is C30H28N4O4S2. The van der Waals surface area contributed by atoms with Crippen LogP contribution in [0.5, 0.6) is 0 Å². The highest BCUT2D eigenvalue weighted by molar-refractivity contribution is 8.00. The van der Waals surface area contributed by atoms with Crippen LogP contribution in [0.15, 0.2) is 89.1 Å². The number of carbonyl (C=O) groups excluding carboxylic acids is 2. The number of rotatable bonds is 9. The Hall–Kier alpha value is -4.02. The number of thiazole rings is 1. The quantitative estimate of drug-likeness (QED) is 0.121. The van der Waals surface area contributed by atoms with Crippen molar-refractivity contribution in [2.24, 2.45) is 5.92 Å². The number of hydrogen-bond acceptors (Lipinski definition) is 7. The summed E-state index contributed by atoms with van der Waals surface area (Å²) in [6.45, 7) is 0. The zero-order valence-electron chi connectivity index (χ0n) is 21.6. The average Bonchev–Trinajstić information content (AvgIpc) is 3.45. The van der Waals surface area contributed by atoms with Gasteiger partial charge in [0, 0.05) is 39.6 Å². The third-order valence-corrected chi connectivity index (χ3v) is 8.76. The Morgan fingerprint density at radius 2 is 1.73 bits per heavy atom. The molecule has 0 bridgehead atoms. The minimum Gasteiger partial charge on any atom is -0.326 e. The molecule has 0 spiro atoms. The van der Waals surface area contributed by atoms with E-state index in [4.69, 9.17) is 0 Å². The van der Waals surface area contributed by atoms with Crippen molar-refractivity contribution >= 4 is 51.4 Å². The molecule has 1 aliphatic rings. The third kappa shape index (κ3) is 6.94. The van der Waals surface area contributed by atoms with Crippen molar-refractivity contribution in [3.05, 3.63) is 99.9 Å². The van der Waals surface area contributed by atoms with Crippen molar-refractivity contribution in [3.8, 4) is 11.3 Å². The molecule has 3 aromatic carbocycles. The lowest BCUT2D eigenvalue weighted by molar-refractivity contribution is -0.384. The van der Waals surface area contributed by atoms with Crippen LogP contribution in [-0.2, 0) is 9.59 Å². The van der Waals surface area contributed by atoms with Gasteiger partial charge in [-0.1, -0.05) is 67.8 Å². The molecule has 1 aliphatic carbocycles. The molecule has 1 fully saturated rings. The molecule has 40 heavy (non-hydrogen) atoms. The Kier molecular flexibility index (Phi) is 8.87. The zero-order chi connectivity index (χ0) is 27.9. The maximum absolute atomic E-state index is 13.6. The van der Waals surface area contributed by atoms with Crippen LogP contribution >= 0.6 is 23.1 Å². The van der Waals surface area contributed by atoms with Crippen molar-refractivity contribution in [2.45, 2.75) is 42.2 Å². The Morgan fingerprint density at radius 1 is 0.950 bits per heavy atom. The van der Waals surface area contributed by atoms with Gasteiger partial charge in [0.2, 0.25) is 11.8 Å². The van der Waals surface area contributed by atoms with Gasteiger partial charge in [0.05, 0.1) is 10.6 Å². The SMILES string of the molecule is O=C(Nc1cccc(SC(C(=O)Nc2nc(-c3cccc([N+](=O)[O-])c3)cs2)c2ccccc2)c1)C1CCCCC1. The molecule has 0 saturated heterocycles. The first-order valence-corrected chi connectivity index (χ1v) is 14.9. The summed E-state index contributed by atoms with van der Waals surface area (Å²) in [7, 11) is 0. The summed E-state index contributed by atoms with van der Waals surface area (Å²) in [6.07, 6.45) is 5.23. The molecule has 1 atom stereocenters. The summed E-state index contributed by atoms with van der Waals surface area (Å²) in [6, 6.07) is 23.3. The van der Waals surface area contributed by atoms with E-state index < -0.39 is 10.2 Å². The van der Waals surface area contributed by atoms with E-state index in [9.17, 15) is 19.7 Å². The fourth-order valence-electron chi connectivity index (χ4n) is 4.71. The molecule has 4 aromatic rings. The zero-order valence-corrected chi connectivity index (χ0v) is 23.3. The minimum atomic E-state index is -0.573. The van der Waals surface area contributed by atoms with Crippen molar-refractivity contribution in [1.82, 2.24) is 4.98 Å². The number of hydrogen-bond donors (Lipinski definition) is 2. The van der Waals surface area contributed by atoms with Crippen LogP contribution in [0, 0.1) is 16.0 Å². The Bertz CT molecular complexity index is 1500. The van der Waals surface area contributed by atoms with Crippen LogP contribution in [-0.4, -0.2) is 21.7 Å². The number of amides is 2. The lowest BCUT2D eigenvalue weighted by atomic mass is 9.88. The van der Waals surface area contributed by atoms with E-state index in [1.54, 1.807) is 17.5 Å². The van der Waals surface area contributed by atoms with Gasteiger partial charge >= 0.3 is 0 Å². The number of carbonyl (C=O) groups is 2. The second kappa shape index (κ2) is 12.9. The summed E-state index contributed by atoms with van der Waals surface area (Å²) in [4.78, 5) is 42.4. The molecule has 8 nitrogen and oxygen atoms in total. The summed E-state index contributed by atoms with van der Waals surface area (Å²) < 4.78 is 0. The van der Waals surface area contributed by atoms with Crippen molar-refractivity contribution in [2.75, 3.05) is 10.6 Å². The number of nitrogens with zero attached hydrogens (tertiary/aromatic N) is 2. The van der Waals surface area contributed by atoms with Gasteiger partial charge in [-0.05, 0) is 36.6 Å². The normalized spacial score (nSPS) is 14.3. The Balaban J connectivity index is 1.32. The first-order valence-electron chi connectivity index (χ1n) is 13.1. The standard InChI is InChI=1S/C30H28N4O4S2/c35-28(21-11-5-2-6-12-21)31-23-14-8-16-25(18-23)40-27(20-9-3-1-4-10-20)29(36)33-30-32-26(19-39-30)22-13-7-15-24(17-22)34(37)38/h1,3-4,7-10,13-19,21,27H,2,5-6,11-12H2,(H,31,35)(H,32,33,36). The maximum atomic E-state index is 13.6. The molecule has 1 heterocycles. The van der Waals surface area contributed by atoms with E-state index in [-0.39, 0.29) is 23.4 Å². The molecule has 1 saturated carbocycles. The molecule has 2 amide bonds. The van der Waals surface area contributed by atoms with Crippen LogP contribution in [0.2, 0.25) is 0 Å². The topological polar surface area (TPSA) is 114 Å². The number of nitro benzene ring substituents is 1. The number of thioether (sulfide) groups is 1. The number of nitrogens with one attached hydrogen (secondary N) is 2. The van der Waals surface area contributed by atoms with Crippen molar-refractivity contribution < 1.29 is 14.5 Å². The highest BCUT2D eigenvalue weighted by Gasteiger charge is 2.24. The van der Waals surface area contributed by atoms with Gasteiger partial charge < -0.3 is 10.6 Å². The minimum absolute atomic E-state index is 0.0196. The van der Waals surface area contributed by atoms with Gasteiger partial charge in [0.25, 0.3) is 5.69 Å². The number of nitro groups is 1. The van der Waals surface area contributed by atoms with Gasteiger partial charge in [-0.2, -0.15) is 0 Å². The van der Waals surface area contributed by atoms with E-state index in [0.717, 1.165) is 36.1 Å². The summed E-state index contributed by atoms with van der Waals surface area (Å²) in [5.41, 5.74) is 2.68.